The van der Waals surface area contributed by atoms with Crippen LogP contribution in [-0.4, -0.2) is 20.2 Å². The fourth-order valence-corrected chi connectivity index (χ4v) is 2.03. The predicted molar refractivity (Wildman–Crippen MR) is 59.2 cm³/mol. The van der Waals surface area contributed by atoms with Gasteiger partial charge in [0.25, 0.3) is 0 Å². The summed E-state index contributed by atoms with van der Waals surface area (Å²) in [5.41, 5.74) is 5.56. The van der Waals surface area contributed by atoms with Crippen molar-refractivity contribution in [2.45, 2.75) is 10.2 Å². The molecule has 0 aliphatic rings. The van der Waals surface area contributed by atoms with E-state index < -0.39 is 0 Å². The lowest BCUT2D eigenvalue weighted by molar-refractivity contribution is 0.968. The first-order valence-electron chi connectivity index (χ1n) is 3.81. The lowest BCUT2D eigenvalue weighted by atomic mass is 10.5. The van der Waals surface area contributed by atoms with E-state index in [1.807, 2.05) is 0 Å². The van der Waals surface area contributed by atoms with Gasteiger partial charge in [-0.25, -0.2) is 9.97 Å². The molecule has 0 atom stereocenters. The normalized spacial score (nSPS) is 10.5. The quantitative estimate of drug-likeness (QED) is 0.867. The highest BCUT2D eigenvalue weighted by atomic mass is 35.5. The molecule has 0 bridgehead atoms. The van der Waals surface area contributed by atoms with E-state index in [-0.39, 0.29) is 5.82 Å². The number of halogens is 2. The van der Waals surface area contributed by atoms with Gasteiger partial charge in [0.05, 0.1) is 10.0 Å². The summed E-state index contributed by atoms with van der Waals surface area (Å²) in [5, 5.41) is 8.27. The van der Waals surface area contributed by atoms with Crippen LogP contribution >= 0.6 is 35.0 Å². The number of pyridine rings is 1. The highest BCUT2D eigenvalue weighted by Gasteiger charge is 2.09. The van der Waals surface area contributed by atoms with Crippen LogP contribution in [0.2, 0.25) is 10.0 Å². The molecule has 2 heterocycles. The van der Waals surface area contributed by atoms with Gasteiger partial charge in [-0.1, -0.05) is 23.2 Å². The molecule has 5 nitrogen and oxygen atoms in total. The molecular formula is C7H5Cl2N5S. The fraction of sp³-hybridized carbons (Fsp3) is 0. The van der Waals surface area contributed by atoms with Gasteiger partial charge in [0.15, 0.2) is 5.16 Å². The molecule has 0 spiro atoms. The molecule has 0 aromatic carbocycles. The summed E-state index contributed by atoms with van der Waals surface area (Å²) in [7, 11) is 0. The van der Waals surface area contributed by atoms with Crippen LogP contribution in [0.4, 0.5) is 5.82 Å². The number of anilines is 1. The van der Waals surface area contributed by atoms with Crippen LogP contribution < -0.4 is 5.73 Å². The van der Waals surface area contributed by atoms with Gasteiger partial charge in [-0.15, -0.1) is 0 Å². The molecule has 15 heavy (non-hydrogen) atoms. The van der Waals surface area contributed by atoms with Gasteiger partial charge >= 0.3 is 0 Å². The minimum absolute atomic E-state index is 0.239. The maximum absolute atomic E-state index is 5.93. The molecule has 0 aliphatic carbocycles. The number of hydrogen-bond acceptors (Lipinski definition) is 5. The van der Waals surface area contributed by atoms with Crippen molar-refractivity contribution >= 4 is 40.8 Å². The summed E-state index contributed by atoms with van der Waals surface area (Å²) >= 11 is 12.9. The van der Waals surface area contributed by atoms with Gasteiger partial charge in [0.2, 0.25) is 0 Å². The van der Waals surface area contributed by atoms with Crippen molar-refractivity contribution in [3.05, 3.63) is 22.4 Å². The van der Waals surface area contributed by atoms with Crippen molar-refractivity contribution < 1.29 is 0 Å². The minimum Gasteiger partial charge on any atom is -0.382 e. The number of nitrogens with zero attached hydrogens (tertiary/aromatic N) is 3. The molecule has 3 N–H and O–H groups in total. The largest absolute Gasteiger partial charge is 0.382 e. The Morgan fingerprint density at radius 2 is 2.13 bits per heavy atom. The maximum Gasteiger partial charge on any atom is 0.189 e. The van der Waals surface area contributed by atoms with Gasteiger partial charge in [0.1, 0.15) is 17.2 Å². The van der Waals surface area contributed by atoms with Crippen LogP contribution in [-0.2, 0) is 0 Å². The van der Waals surface area contributed by atoms with Crippen LogP contribution in [0.5, 0.6) is 0 Å². The van der Waals surface area contributed by atoms with E-state index in [1.54, 1.807) is 6.07 Å². The van der Waals surface area contributed by atoms with E-state index >= 15 is 0 Å². The van der Waals surface area contributed by atoms with Gasteiger partial charge in [-0.2, -0.15) is 5.10 Å². The Morgan fingerprint density at radius 3 is 2.80 bits per heavy atom. The number of nitrogens with one attached hydrogen (secondary N) is 1. The van der Waals surface area contributed by atoms with Crippen molar-refractivity contribution in [3.63, 3.8) is 0 Å². The van der Waals surface area contributed by atoms with Crippen LogP contribution in [0.25, 0.3) is 0 Å². The van der Waals surface area contributed by atoms with E-state index in [1.165, 1.54) is 18.1 Å². The first-order chi connectivity index (χ1) is 7.16. The number of nitrogen functional groups attached to an aromatic ring is 1. The van der Waals surface area contributed by atoms with E-state index in [4.69, 9.17) is 28.9 Å². The highest BCUT2D eigenvalue weighted by Crippen LogP contribution is 2.32. The van der Waals surface area contributed by atoms with E-state index in [0.29, 0.717) is 20.2 Å². The molecule has 2 rings (SSSR count). The first-order valence-corrected chi connectivity index (χ1v) is 5.39. The standard InChI is InChI=1S/C7H5Cl2N5S/c8-3-1-4(9)6(13-5(3)10)15-7-11-2-12-14-7/h1-2H,(H2,10,13)(H,11,12,14). The van der Waals surface area contributed by atoms with Crippen molar-refractivity contribution in [1.82, 2.24) is 20.2 Å². The summed E-state index contributed by atoms with van der Waals surface area (Å²) < 4.78 is 0. The zero-order chi connectivity index (χ0) is 10.8. The zero-order valence-corrected chi connectivity index (χ0v) is 9.57. The van der Waals surface area contributed by atoms with Crippen molar-refractivity contribution in [3.8, 4) is 0 Å². The molecule has 0 saturated heterocycles. The van der Waals surface area contributed by atoms with Crippen molar-refractivity contribution in [2.75, 3.05) is 5.73 Å². The molecule has 0 fully saturated rings. The predicted octanol–water partition coefficient (Wildman–Crippen LogP) is 2.24. The summed E-state index contributed by atoms with van der Waals surface area (Å²) in [6.07, 6.45) is 1.40. The Morgan fingerprint density at radius 1 is 1.33 bits per heavy atom. The smallest absolute Gasteiger partial charge is 0.189 e. The lowest BCUT2D eigenvalue weighted by Crippen LogP contribution is -1.93. The topological polar surface area (TPSA) is 80.5 Å². The summed E-state index contributed by atoms with van der Waals surface area (Å²) in [6.45, 7) is 0. The monoisotopic (exact) mass is 261 g/mol. The fourth-order valence-electron chi connectivity index (χ4n) is 0.870. The average molecular weight is 262 g/mol. The molecule has 2 aromatic rings. The second-order valence-corrected chi connectivity index (χ2v) is 4.33. The van der Waals surface area contributed by atoms with Gasteiger partial charge < -0.3 is 5.73 Å². The molecule has 0 aliphatic heterocycles. The van der Waals surface area contributed by atoms with Gasteiger partial charge in [0, 0.05) is 0 Å². The van der Waals surface area contributed by atoms with E-state index in [9.17, 15) is 0 Å². The number of aromatic amines is 1. The third-order valence-electron chi connectivity index (χ3n) is 1.51. The van der Waals surface area contributed by atoms with Crippen molar-refractivity contribution in [1.29, 1.82) is 0 Å². The van der Waals surface area contributed by atoms with Gasteiger partial charge in [-0.05, 0) is 17.8 Å². The van der Waals surface area contributed by atoms with Crippen LogP contribution in [0.15, 0.2) is 22.6 Å². The molecular weight excluding hydrogens is 257 g/mol. The minimum atomic E-state index is 0.239. The molecule has 78 valence electrons. The molecule has 0 saturated carbocycles. The second-order valence-electron chi connectivity index (χ2n) is 2.54. The zero-order valence-electron chi connectivity index (χ0n) is 7.24. The summed E-state index contributed by atoms with van der Waals surface area (Å²) in [4.78, 5) is 7.96. The number of aromatic nitrogens is 4. The van der Waals surface area contributed by atoms with Gasteiger partial charge in [-0.3, -0.25) is 5.10 Å². The summed E-state index contributed by atoms with van der Waals surface area (Å²) in [5.74, 6) is 0.239. The maximum atomic E-state index is 5.93. The lowest BCUT2D eigenvalue weighted by Gasteiger charge is -2.03. The van der Waals surface area contributed by atoms with E-state index in [0.717, 1.165) is 0 Å². The average Bonchev–Trinajstić information content (AvgIpc) is 2.67. The third kappa shape index (κ3) is 2.34. The van der Waals surface area contributed by atoms with Crippen LogP contribution in [0, 0.1) is 0 Å². The SMILES string of the molecule is Nc1nc(Sc2ncn[nH]2)c(Cl)cc1Cl. The highest BCUT2D eigenvalue weighted by molar-refractivity contribution is 7.99. The van der Waals surface area contributed by atoms with E-state index in [2.05, 4.69) is 20.2 Å². The Hall–Kier alpha value is -0.980. The molecule has 0 unspecified atom stereocenters. The van der Waals surface area contributed by atoms with Crippen molar-refractivity contribution in [2.24, 2.45) is 0 Å². The number of H-pyrrole nitrogens is 1. The third-order valence-corrected chi connectivity index (χ3v) is 3.11. The Bertz CT molecular complexity index is 472. The van der Waals surface area contributed by atoms with Crippen LogP contribution in [0.3, 0.4) is 0 Å². The Labute approximate surface area is 99.4 Å². The molecule has 0 amide bonds. The molecule has 0 radical (unpaired) electrons. The number of rotatable bonds is 2. The summed E-state index contributed by atoms with van der Waals surface area (Å²) in [6, 6.07) is 1.55. The number of nitrogens with two attached hydrogens (primary N) is 1. The number of hydrogen-bond donors (Lipinski definition) is 2. The Kier molecular flexibility index (Phi) is 2.99. The first kappa shape index (κ1) is 10.5. The molecule has 2 aromatic heterocycles. The Balaban J connectivity index is 2.33. The van der Waals surface area contributed by atoms with Crippen LogP contribution in [0.1, 0.15) is 0 Å². The second kappa shape index (κ2) is 4.26. The molecule has 8 heteroatoms.